The Morgan fingerprint density at radius 3 is 2.21 bits per heavy atom. The SMILES string of the molecule is CN(CCOCC1CC1)C(=O)c1ccc(-c2ncc(C(=O)N(C3CC3)C3CCN(C(=O)OC(C)(C)C)CC3)cn2)cc1F. The standard InChI is InChI=1S/C32H42FN5O5/c1-32(2,3)43-31(41)37-13-11-25(12-14-37)38(24-8-9-24)29(39)23-18-34-28(35-19-23)22-7-10-26(27(33)17-22)30(40)36(4)15-16-42-20-21-5-6-21/h7,10,17-19,21,24-25H,5-6,8-9,11-16,20H2,1-4H3. The Bertz CT molecular complexity index is 1310. The Kier molecular flexibility index (Phi) is 9.29. The summed E-state index contributed by atoms with van der Waals surface area (Å²) in [6.45, 7) is 8.10. The number of likely N-dealkylation sites (N-methyl/N-ethyl adjacent to an activating group) is 1. The van der Waals surface area contributed by atoms with Gasteiger partial charge >= 0.3 is 6.09 Å². The largest absolute Gasteiger partial charge is 0.444 e. The first kappa shape index (κ1) is 30.8. The van der Waals surface area contributed by atoms with Crippen LogP contribution in [0.15, 0.2) is 30.6 Å². The van der Waals surface area contributed by atoms with E-state index in [2.05, 4.69) is 9.97 Å². The Balaban J connectivity index is 1.18. The summed E-state index contributed by atoms with van der Waals surface area (Å²) in [6.07, 6.45) is 8.27. The van der Waals surface area contributed by atoms with Crippen LogP contribution in [-0.4, -0.2) is 100 Å². The first-order chi connectivity index (χ1) is 20.5. The molecule has 0 spiro atoms. The fraction of sp³-hybridized carbons (Fsp3) is 0.594. The van der Waals surface area contributed by atoms with Gasteiger partial charge in [-0.1, -0.05) is 6.07 Å². The number of piperidine rings is 1. The van der Waals surface area contributed by atoms with Crippen LogP contribution >= 0.6 is 0 Å². The summed E-state index contributed by atoms with van der Waals surface area (Å²) in [5.74, 6) is -0.304. The average Bonchev–Trinajstić information content (AvgIpc) is 3.91. The van der Waals surface area contributed by atoms with E-state index in [9.17, 15) is 18.8 Å². The van der Waals surface area contributed by atoms with Crippen LogP contribution in [0.1, 0.15) is 80.0 Å². The summed E-state index contributed by atoms with van der Waals surface area (Å²) in [4.78, 5) is 52.6. The molecular formula is C32H42FN5O5. The molecule has 1 saturated heterocycles. The molecule has 5 rings (SSSR count). The number of halogens is 1. The quantitative estimate of drug-likeness (QED) is 0.364. The summed E-state index contributed by atoms with van der Waals surface area (Å²) >= 11 is 0. The normalized spacial score (nSPS) is 17.5. The van der Waals surface area contributed by atoms with Gasteiger partial charge in [-0.05, 0) is 77.3 Å². The Morgan fingerprint density at radius 2 is 1.63 bits per heavy atom. The molecule has 0 radical (unpaired) electrons. The second kappa shape index (κ2) is 13.0. The highest BCUT2D eigenvalue weighted by Gasteiger charge is 2.40. The molecule has 43 heavy (non-hydrogen) atoms. The highest BCUT2D eigenvalue weighted by atomic mass is 19.1. The zero-order chi connectivity index (χ0) is 30.7. The minimum absolute atomic E-state index is 0.0143. The van der Waals surface area contributed by atoms with Crippen LogP contribution in [0.2, 0.25) is 0 Å². The maximum Gasteiger partial charge on any atom is 0.410 e. The number of likely N-dealkylation sites (tertiary alicyclic amines) is 1. The van der Waals surface area contributed by atoms with Crippen LogP contribution in [0.3, 0.4) is 0 Å². The van der Waals surface area contributed by atoms with Crippen LogP contribution < -0.4 is 0 Å². The first-order valence-electron chi connectivity index (χ1n) is 15.3. The van der Waals surface area contributed by atoms with E-state index < -0.39 is 17.3 Å². The summed E-state index contributed by atoms with van der Waals surface area (Å²) in [5.41, 5.74) is 0.195. The van der Waals surface area contributed by atoms with Gasteiger partial charge in [-0.3, -0.25) is 9.59 Å². The molecule has 2 aliphatic carbocycles. The Morgan fingerprint density at radius 1 is 0.977 bits per heavy atom. The lowest BCUT2D eigenvalue weighted by atomic mass is 10.0. The van der Waals surface area contributed by atoms with E-state index in [0.29, 0.717) is 62.7 Å². The number of hydrogen-bond acceptors (Lipinski definition) is 7. The van der Waals surface area contributed by atoms with Crippen LogP contribution in [0.25, 0.3) is 11.4 Å². The van der Waals surface area contributed by atoms with Crippen molar-refractivity contribution in [2.24, 2.45) is 5.92 Å². The van der Waals surface area contributed by atoms with Gasteiger partial charge in [-0.25, -0.2) is 19.2 Å². The molecule has 2 aromatic rings. The van der Waals surface area contributed by atoms with E-state index in [1.54, 1.807) is 18.0 Å². The van der Waals surface area contributed by atoms with Gasteiger partial charge in [-0.15, -0.1) is 0 Å². The molecule has 2 heterocycles. The predicted octanol–water partition coefficient (Wildman–Crippen LogP) is 4.79. The van der Waals surface area contributed by atoms with Crippen LogP contribution in [0.4, 0.5) is 9.18 Å². The number of ether oxygens (including phenoxy) is 2. The number of rotatable bonds is 10. The van der Waals surface area contributed by atoms with Crippen molar-refractivity contribution in [2.45, 2.75) is 77.0 Å². The van der Waals surface area contributed by atoms with Crippen molar-refractivity contribution in [3.63, 3.8) is 0 Å². The van der Waals surface area contributed by atoms with Gasteiger partial charge in [0.15, 0.2) is 5.82 Å². The number of benzene rings is 1. The van der Waals surface area contributed by atoms with Gasteiger partial charge in [0, 0.05) is 63.3 Å². The predicted molar refractivity (Wildman–Crippen MR) is 158 cm³/mol. The highest BCUT2D eigenvalue weighted by molar-refractivity contribution is 5.95. The summed E-state index contributed by atoms with van der Waals surface area (Å²) < 4.78 is 26.1. The lowest BCUT2D eigenvalue weighted by Crippen LogP contribution is -2.50. The fourth-order valence-electron chi connectivity index (χ4n) is 5.24. The van der Waals surface area contributed by atoms with Gasteiger partial charge in [-0.2, -0.15) is 0 Å². The molecule has 1 aliphatic heterocycles. The maximum atomic E-state index is 15.0. The zero-order valence-corrected chi connectivity index (χ0v) is 25.6. The number of nitrogens with zero attached hydrogens (tertiary/aromatic N) is 5. The molecule has 0 unspecified atom stereocenters. The second-order valence-electron chi connectivity index (χ2n) is 12.9. The van der Waals surface area contributed by atoms with Gasteiger partial charge in [0.25, 0.3) is 11.8 Å². The van der Waals surface area contributed by atoms with Crippen molar-refractivity contribution < 1.29 is 28.2 Å². The van der Waals surface area contributed by atoms with E-state index in [0.717, 1.165) is 12.8 Å². The number of carbonyl (C=O) groups is 3. The van der Waals surface area contributed by atoms with Crippen molar-refractivity contribution in [1.82, 2.24) is 24.7 Å². The van der Waals surface area contributed by atoms with E-state index in [-0.39, 0.29) is 35.5 Å². The lowest BCUT2D eigenvalue weighted by Gasteiger charge is -2.39. The van der Waals surface area contributed by atoms with Crippen LogP contribution in [0, 0.1) is 11.7 Å². The topological polar surface area (TPSA) is 105 Å². The molecule has 232 valence electrons. The highest BCUT2D eigenvalue weighted by Crippen LogP contribution is 2.34. The number of carbonyl (C=O) groups excluding carboxylic acids is 3. The summed E-state index contributed by atoms with van der Waals surface area (Å²) in [6, 6.07) is 4.48. The molecular weight excluding hydrogens is 553 g/mol. The van der Waals surface area contributed by atoms with Crippen molar-refractivity contribution >= 4 is 17.9 Å². The smallest absolute Gasteiger partial charge is 0.410 e. The summed E-state index contributed by atoms with van der Waals surface area (Å²) in [7, 11) is 1.63. The molecule has 2 saturated carbocycles. The third-order valence-electron chi connectivity index (χ3n) is 8.01. The fourth-order valence-corrected chi connectivity index (χ4v) is 5.24. The van der Waals surface area contributed by atoms with E-state index in [4.69, 9.17) is 9.47 Å². The summed E-state index contributed by atoms with van der Waals surface area (Å²) in [5, 5.41) is 0. The minimum atomic E-state index is -0.658. The molecule has 1 aromatic heterocycles. The molecule has 1 aromatic carbocycles. The van der Waals surface area contributed by atoms with E-state index in [1.165, 1.54) is 42.3 Å². The molecule has 11 heteroatoms. The Labute approximate surface area is 252 Å². The monoisotopic (exact) mass is 595 g/mol. The molecule has 0 atom stereocenters. The molecule has 0 bridgehead atoms. The number of amides is 3. The molecule has 3 aliphatic rings. The van der Waals surface area contributed by atoms with Gasteiger partial charge in [0.05, 0.1) is 17.7 Å². The maximum absolute atomic E-state index is 15.0. The number of hydrogen-bond donors (Lipinski definition) is 0. The molecule has 3 amide bonds. The molecule has 0 N–H and O–H groups in total. The van der Waals surface area contributed by atoms with Crippen molar-refractivity contribution in [1.29, 1.82) is 0 Å². The second-order valence-corrected chi connectivity index (χ2v) is 12.9. The third kappa shape index (κ3) is 8.07. The van der Waals surface area contributed by atoms with E-state index in [1.807, 2.05) is 25.7 Å². The van der Waals surface area contributed by atoms with Crippen molar-refractivity contribution in [3.8, 4) is 11.4 Å². The van der Waals surface area contributed by atoms with Gasteiger partial charge in [0.2, 0.25) is 0 Å². The zero-order valence-electron chi connectivity index (χ0n) is 25.6. The first-order valence-corrected chi connectivity index (χ1v) is 15.3. The van der Waals surface area contributed by atoms with Gasteiger partial charge in [0.1, 0.15) is 11.4 Å². The van der Waals surface area contributed by atoms with E-state index >= 15 is 0 Å². The average molecular weight is 596 g/mol. The van der Waals surface area contributed by atoms with Crippen LogP contribution in [0.5, 0.6) is 0 Å². The Hall–Kier alpha value is -3.60. The number of aromatic nitrogens is 2. The molecule has 10 nitrogen and oxygen atoms in total. The lowest BCUT2D eigenvalue weighted by molar-refractivity contribution is 0.0142. The minimum Gasteiger partial charge on any atom is -0.444 e. The van der Waals surface area contributed by atoms with Crippen molar-refractivity contribution in [2.75, 3.05) is 39.9 Å². The third-order valence-corrected chi connectivity index (χ3v) is 8.01. The van der Waals surface area contributed by atoms with Crippen LogP contribution in [-0.2, 0) is 9.47 Å². The molecule has 3 fully saturated rings. The van der Waals surface area contributed by atoms with Crippen molar-refractivity contribution in [3.05, 3.63) is 47.5 Å². The van der Waals surface area contributed by atoms with Gasteiger partial charge < -0.3 is 24.2 Å².